The van der Waals surface area contributed by atoms with Crippen molar-refractivity contribution < 1.29 is 9.21 Å². The number of nitrogens with one attached hydrogen (secondary N) is 1. The van der Waals surface area contributed by atoms with Gasteiger partial charge < -0.3 is 14.6 Å². The van der Waals surface area contributed by atoms with Crippen LogP contribution in [0.15, 0.2) is 76.0 Å². The summed E-state index contributed by atoms with van der Waals surface area (Å²) in [5, 5.41) is 7.25. The third-order valence-corrected chi connectivity index (χ3v) is 5.95. The van der Waals surface area contributed by atoms with Gasteiger partial charge in [-0.25, -0.2) is 4.98 Å². The summed E-state index contributed by atoms with van der Waals surface area (Å²) in [6.07, 6.45) is 1.70. The molecule has 1 unspecified atom stereocenters. The maximum atomic E-state index is 13.1. The number of nitrogens with zero attached hydrogens (tertiary/aromatic N) is 2. The van der Waals surface area contributed by atoms with Crippen molar-refractivity contribution in [3.8, 4) is 22.8 Å². The van der Waals surface area contributed by atoms with Crippen LogP contribution in [0.2, 0.25) is 0 Å². The topological polar surface area (TPSA) is 58.4 Å². The zero-order valence-electron chi connectivity index (χ0n) is 17.8. The molecule has 2 aromatic heterocycles. The van der Waals surface area contributed by atoms with Crippen molar-refractivity contribution >= 4 is 17.2 Å². The normalized spacial score (nSPS) is 12.1. The van der Waals surface area contributed by atoms with Crippen molar-refractivity contribution in [1.29, 1.82) is 0 Å². The third-order valence-electron chi connectivity index (χ3n) is 5.25. The van der Waals surface area contributed by atoms with Gasteiger partial charge in [0.15, 0.2) is 5.76 Å². The summed E-state index contributed by atoms with van der Waals surface area (Å²) >= 11 is 1.66. The molecule has 2 aromatic carbocycles. The molecule has 1 atom stereocenters. The second-order valence-electron chi connectivity index (χ2n) is 7.69. The van der Waals surface area contributed by atoms with E-state index in [1.165, 1.54) is 11.1 Å². The standard InChI is InChI=1S/C25H25N3O2S/c1-17-8-10-18(11-9-17)23-15-27-25(30-23)21-7-5-4-6-20(21)24(29)26-14-22(28(2)3)19-12-13-31-16-19/h4-13,15-16,22H,14H2,1-3H3,(H,26,29). The summed E-state index contributed by atoms with van der Waals surface area (Å²) in [4.78, 5) is 19.6. The van der Waals surface area contributed by atoms with Gasteiger partial charge in [-0.2, -0.15) is 11.3 Å². The number of aromatic nitrogens is 1. The first kappa shape index (κ1) is 21.0. The van der Waals surface area contributed by atoms with Crippen LogP contribution in [0.4, 0.5) is 0 Å². The van der Waals surface area contributed by atoms with E-state index in [4.69, 9.17) is 4.42 Å². The highest BCUT2D eigenvalue weighted by atomic mass is 32.1. The van der Waals surface area contributed by atoms with Gasteiger partial charge in [-0.1, -0.05) is 42.0 Å². The Morgan fingerprint density at radius 2 is 1.90 bits per heavy atom. The summed E-state index contributed by atoms with van der Waals surface area (Å²) in [6.45, 7) is 2.56. The van der Waals surface area contributed by atoms with Gasteiger partial charge in [0, 0.05) is 17.7 Å². The fraction of sp³-hybridized carbons (Fsp3) is 0.200. The van der Waals surface area contributed by atoms with Crippen LogP contribution in [-0.4, -0.2) is 36.4 Å². The lowest BCUT2D eigenvalue weighted by molar-refractivity contribution is 0.0942. The van der Waals surface area contributed by atoms with Crippen LogP contribution in [0.25, 0.3) is 22.8 Å². The molecule has 31 heavy (non-hydrogen) atoms. The van der Waals surface area contributed by atoms with E-state index in [0.29, 0.717) is 29.3 Å². The molecule has 4 rings (SSSR count). The maximum Gasteiger partial charge on any atom is 0.252 e. The van der Waals surface area contributed by atoms with Crippen LogP contribution in [0.5, 0.6) is 0 Å². The summed E-state index contributed by atoms with van der Waals surface area (Å²) in [7, 11) is 4.03. The summed E-state index contributed by atoms with van der Waals surface area (Å²) in [5.41, 5.74) is 4.55. The molecule has 0 aliphatic carbocycles. The molecule has 0 bridgehead atoms. The first-order chi connectivity index (χ1) is 15.0. The molecule has 4 aromatic rings. The average molecular weight is 432 g/mol. The van der Waals surface area contributed by atoms with Crippen LogP contribution in [0.1, 0.15) is 27.5 Å². The van der Waals surface area contributed by atoms with Crippen LogP contribution in [0.3, 0.4) is 0 Å². The van der Waals surface area contributed by atoms with Crippen LogP contribution in [0, 0.1) is 6.92 Å². The largest absolute Gasteiger partial charge is 0.436 e. The Balaban J connectivity index is 1.55. The number of hydrogen-bond acceptors (Lipinski definition) is 5. The van der Waals surface area contributed by atoms with Gasteiger partial charge in [0.1, 0.15) is 0 Å². The van der Waals surface area contributed by atoms with E-state index >= 15 is 0 Å². The number of hydrogen-bond donors (Lipinski definition) is 1. The Morgan fingerprint density at radius 3 is 2.61 bits per heavy atom. The second-order valence-corrected chi connectivity index (χ2v) is 8.47. The van der Waals surface area contributed by atoms with Crippen molar-refractivity contribution in [2.24, 2.45) is 0 Å². The molecule has 0 radical (unpaired) electrons. The van der Waals surface area contributed by atoms with Crippen LogP contribution >= 0.6 is 11.3 Å². The van der Waals surface area contributed by atoms with Crippen molar-refractivity contribution in [1.82, 2.24) is 15.2 Å². The van der Waals surface area contributed by atoms with Crippen LogP contribution < -0.4 is 5.32 Å². The van der Waals surface area contributed by atoms with Crippen molar-refractivity contribution in [2.45, 2.75) is 13.0 Å². The van der Waals surface area contributed by atoms with Crippen molar-refractivity contribution in [2.75, 3.05) is 20.6 Å². The number of amides is 1. The van der Waals surface area contributed by atoms with Gasteiger partial charge in [0.25, 0.3) is 5.91 Å². The molecular formula is C25H25N3O2S. The first-order valence-electron chi connectivity index (χ1n) is 10.1. The molecule has 158 valence electrons. The number of carbonyl (C=O) groups is 1. The van der Waals surface area contributed by atoms with Gasteiger partial charge >= 0.3 is 0 Å². The van der Waals surface area contributed by atoms with E-state index in [1.54, 1.807) is 23.6 Å². The lowest BCUT2D eigenvalue weighted by Crippen LogP contribution is -2.34. The second kappa shape index (κ2) is 9.29. The molecule has 0 spiro atoms. The minimum Gasteiger partial charge on any atom is -0.436 e. The van der Waals surface area contributed by atoms with Gasteiger partial charge in [-0.05, 0) is 55.5 Å². The van der Waals surface area contributed by atoms with Gasteiger partial charge in [-0.15, -0.1) is 0 Å². The van der Waals surface area contributed by atoms with Gasteiger partial charge in [0.2, 0.25) is 5.89 Å². The number of benzene rings is 2. The highest BCUT2D eigenvalue weighted by molar-refractivity contribution is 7.08. The fourth-order valence-corrected chi connectivity index (χ4v) is 4.17. The Hall–Kier alpha value is -3.22. The SMILES string of the molecule is Cc1ccc(-c2cnc(-c3ccccc3C(=O)NCC(c3ccsc3)N(C)C)o2)cc1. The molecule has 2 heterocycles. The quantitative estimate of drug-likeness (QED) is 0.425. The van der Waals surface area contributed by atoms with Crippen LogP contribution in [-0.2, 0) is 0 Å². The molecule has 5 nitrogen and oxygen atoms in total. The van der Waals surface area contributed by atoms with E-state index in [1.807, 2.05) is 63.5 Å². The van der Waals surface area contributed by atoms with E-state index < -0.39 is 0 Å². The number of thiophene rings is 1. The van der Waals surface area contributed by atoms with Gasteiger partial charge in [-0.3, -0.25) is 4.79 Å². The summed E-state index contributed by atoms with van der Waals surface area (Å²) in [5.74, 6) is 0.964. The molecular weight excluding hydrogens is 406 g/mol. The fourth-order valence-electron chi connectivity index (χ4n) is 3.47. The van der Waals surface area contributed by atoms with Gasteiger partial charge in [0.05, 0.1) is 17.8 Å². The molecule has 0 aliphatic heterocycles. The Bertz CT molecular complexity index is 1150. The van der Waals surface area contributed by atoms with Crippen molar-refractivity contribution in [3.05, 3.63) is 88.2 Å². The Kier molecular flexibility index (Phi) is 6.30. The van der Waals surface area contributed by atoms with E-state index in [9.17, 15) is 4.79 Å². The molecule has 0 saturated heterocycles. The number of oxazole rings is 1. The molecule has 0 saturated carbocycles. The first-order valence-corrected chi connectivity index (χ1v) is 11.1. The number of rotatable bonds is 7. The summed E-state index contributed by atoms with van der Waals surface area (Å²) < 4.78 is 6.01. The van der Waals surface area contributed by atoms with E-state index in [-0.39, 0.29) is 11.9 Å². The Morgan fingerprint density at radius 1 is 1.13 bits per heavy atom. The third kappa shape index (κ3) is 4.76. The Labute approximate surface area is 186 Å². The molecule has 1 amide bonds. The zero-order chi connectivity index (χ0) is 21.8. The lowest BCUT2D eigenvalue weighted by atomic mass is 10.1. The lowest BCUT2D eigenvalue weighted by Gasteiger charge is -2.24. The monoisotopic (exact) mass is 431 g/mol. The average Bonchev–Trinajstić information content (AvgIpc) is 3.47. The zero-order valence-corrected chi connectivity index (χ0v) is 18.6. The predicted molar refractivity (Wildman–Crippen MR) is 125 cm³/mol. The smallest absolute Gasteiger partial charge is 0.252 e. The number of carbonyl (C=O) groups excluding carboxylic acids is 1. The molecule has 0 fully saturated rings. The van der Waals surface area contributed by atoms with E-state index in [0.717, 1.165) is 5.56 Å². The number of aryl methyl sites for hydroxylation is 1. The highest BCUT2D eigenvalue weighted by Crippen LogP contribution is 2.28. The molecule has 0 aliphatic rings. The van der Waals surface area contributed by atoms with E-state index in [2.05, 4.69) is 32.0 Å². The molecule has 1 N–H and O–H groups in total. The number of likely N-dealkylation sites (N-methyl/N-ethyl adjacent to an activating group) is 1. The maximum absolute atomic E-state index is 13.1. The molecule has 6 heteroatoms. The predicted octanol–water partition coefficient (Wildman–Crippen LogP) is 5.41. The minimum atomic E-state index is -0.146. The highest BCUT2D eigenvalue weighted by Gasteiger charge is 2.20. The summed E-state index contributed by atoms with van der Waals surface area (Å²) in [6, 6.07) is 17.7. The minimum absolute atomic E-state index is 0.109. The van der Waals surface area contributed by atoms with Crippen molar-refractivity contribution in [3.63, 3.8) is 0 Å².